The van der Waals surface area contributed by atoms with Gasteiger partial charge in [0.15, 0.2) is 0 Å². The molecule has 9 nitrogen and oxygen atoms in total. The van der Waals surface area contributed by atoms with E-state index in [-0.39, 0.29) is 11.4 Å². The number of nitrogens with zero attached hydrogens (tertiary/aromatic N) is 3. The molecule has 0 fully saturated rings. The molecule has 41 heavy (non-hydrogen) atoms. The van der Waals surface area contributed by atoms with Gasteiger partial charge >= 0.3 is 0 Å². The Morgan fingerprint density at radius 1 is 1.00 bits per heavy atom. The van der Waals surface area contributed by atoms with Crippen LogP contribution in [0, 0.1) is 11.8 Å². The number of amides is 1. The second kappa shape index (κ2) is 11.3. The molecule has 0 bridgehead atoms. The van der Waals surface area contributed by atoms with Crippen molar-refractivity contribution in [1.82, 2.24) is 14.5 Å². The maximum atomic E-state index is 13.3. The lowest BCUT2D eigenvalue weighted by Gasteiger charge is -2.12. The van der Waals surface area contributed by atoms with E-state index in [0.717, 1.165) is 10.9 Å². The maximum absolute atomic E-state index is 13.3. The minimum atomic E-state index is -1.25. The highest BCUT2D eigenvalue weighted by atomic mass is 16.5. The van der Waals surface area contributed by atoms with Crippen LogP contribution in [0.2, 0.25) is 0 Å². The molecule has 9 heteroatoms. The number of carbonyl (C=O) groups excluding carboxylic acids is 1. The van der Waals surface area contributed by atoms with E-state index in [0.29, 0.717) is 28.5 Å². The van der Waals surface area contributed by atoms with E-state index in [1.807, 2.05) is 24.3 Å². The predicted molar refractivity (Wildman–Crippen MR) is 156 cm³/mol. The van der Waals surface area contributed by atoms with Crippen molar-refractivity contribution in [3.05, 3.63) is 113 Å². The molecule has 0 saturated carbocycles. The Labute approximate surface area is 236 Å². The molecule has 2 aromatic carbocycles. The third-order valence-electron chi connectivity index (χ3n) is 5.92. The molecule has 5 rings (SSSR count). The van der Waals surface area contributed by atoms with Crippen molar-refractivity contribution in [2.45, 2.75) is 19.4 Å². The molecule has 0 unspecified atom stereocenters. The molecule has 0 spiro atoms. The second-order valence-electron chi connectivity index (χ2n) is 9.59. The number of benzene rings is 2. The number of anilines is 1. The summed E-state index contributed by atoms with van der Waals surface area (Å²) in [5.74, 6) is 6.82. The minimum absolute atomic E-state index is 0.129. The SMILES string of the molecule is COc1ccc2nccc(Oc3ccc(NC(=O)c4cc(C#CC(C)(C)O)cn(-c5ccccc5)c4=O)nc3)c2c1. The van der Waals surface area contributed by atoms with Crippen molar-refractivity contribution in [2.75, 3.05) is 12.4 Å². The first-order valence-corrected chi connectivity index (χ1v) is 12.7. The van der Waals surface area contributed by atoms with E-state index in [1.54, 1.807) is 69.6 Å². The molecule has 3 heterocycles. The lowest BCUT2D eigenvalue weighted by molar-refractivity contribution is 0.102. The fourth-order valence-electron chi connectivity index (χ4n) is 3.96. The summed E-state index contributed by atoms with van der Waals surface area (Å²) in [4.78, 5) is 35.2. The van der Waals surface area contributed by atoms with Gasteiger partial charge in [-0.25, -0.2) is 4.98 Å². The van der Waals surface area contributed by atoms with E-state index in [2.05, 4.69) is 27.1 Å². The first-order chi connectivity index (χ1) is 19.7. The number of methoxy groups -OCH3 is 1. The molecule has 0 aliphatic carbocycles. The summed E-state index contributed by atoms with van der Waals surface area (Å²) in [5.41, 5.74) is -0.203. The van der Waals surface area contributed by atoms with Gasteiger partial charge in [0.1, 0.15) is 34.2 Å². The lowest BCUT2D eigenvalue weighted by atomic mass is 10.1. The van der Waals surface area contributed by atoms with Crippen LogP contribution in [0.4, 0.5) is 5.82 Å². The van der Waals surface area contributed by atoms with Crippen LogP contribution in [-0.2, 0) is 0 Å². The Bertz CT molecular complexity index is 1850. The normalized spacial score (nSPS) is 10.9. The Morgan fingerprint density at radius 2 is 1.78 bits per heavy atom. The van der Waals surface area contributed by atoms with Gasteiger partial charge in [-0.15, -0.1) is 0 Å². The zero-order valence-electron chi connectivity index (χ0n) is 22.6. The van der Waals surface area contributed by atoms with Gasteiger partial charge < -0.3 is 19.9 Å². The molecule has 0 radical (unpaired) electrons. The van der Waals surface area contributed by atoms with Gasteiger partial charge in [-0.3, -0.25) is 19.1 Å². The summed E-state index contributed by atoms with van der Waals surface area (Å²) in [6.07, 6.45) is 4.65. The summed E-state index contributed by atoms with van der Waals surface area (Å²) >= 11 is 0. The smallest absolute Gasteiger partial charge is 0.268 e. The summed E-state index contributed by atoms with van der Waals surface area (Å²) < 4.78 is 12.7. The summed E-state index contributed by atoms with van der Waals surface area (Å²) in [7, 11) is 1.59. The van der Waals surface area contributed by atoms with Crippen LogP contribution in [0.5, 0.6) is 17.2 Å². The highest BCUT2D eigenvalue weighted by Gasteiger charge is 2.17. The van der Waals surface area contributed by atoms with Gasteiger partial charge in [0.25, 0.3) is 11.5 Å². The van der Waals surface area contributed by atoms with Gasteiger partial charge in [-0.1, -0.05) is 30.0 Å². The van der Waals surface area contributed by atoms with Gasteiger partial charge in [0.2, 0.25) is 0 Å². The fourth-order valence-corrected chi connectivity index (χ4v) is 3.96. The summed E-state index contributed by atoms with van der Waals surface area (Å²) in [5, 5.41) is 13.5. The van der Waals surface area contributed by atoms with Gasteiger partial charge in [0, 0.05) is 29.0 Å². The van der Waals surface area contributed by atoms with Crippen molar-refractivity contribution in [3.8, 4) is 34.8 Å². The largest absolute Gasteiger partial charge is 0.497 e. The van der Waals surface area contributed by atoms with Crippen molar-refractivity contribution in [3.63, 3.8) is 0 Å². The third-order valence-corrected chi connectivity index (χ3v) is 5.92. The molecule has 5 aromatic rings. The Hall–Kier alpha value is -5.46. The van der Waals surface area contributed by atoms with E-state index < -0.39 is 17.1 Å². The topological polar surface area (TPSA) is 116 Å². The summed E-state index contributed by atoms with van der Waals surface area (Å²) in [6.45, 7) is 3.10. The molecule has 0 aliphatic rings. The molecule has 1 amide bonds. The molecular formula is C32H26N4O5. The second-order valence-corrected chi connectivity index (χ2v) is 9.59. The van der Waals surface area contributed by atoms with Gasteiger partial charge in [-0.05, 0) is 68.4 Å². The monoisotopic (exact) mass is 546 g/mol. The number of pyridine rings is 3. The number of nitrogens with one attached hydrogen (secondary N) is 1. The zero-order valence-corrected chi connectivity index (χ0v) is 22.6. The van der Waals surface area contributed by atoms with Crippen molar-refractivity contribution in [2.24, 2.45) is 0 Å². The molecule has 2 N–H and O–H groups in total. The molecule has 204 valence electrons. The van der Waals surface area contributed by atoms with Crippen molar-refractivity contribution in [1.29, 1.82) is 0 Å². The Balaban J connectivity index is 1.41. The molecular weight excluding hydrogens is 520 g/mol. The average molecular weight is 547 g/mol. The van der Waals surface area contributed by atoms with E-state index in [9.17, 15) is 14.7 Å². The third kappa shape index (κ3) is 6.41. The quantitative estimate of drug-likeness (QED) is 0.289. The zero-order chi connectivity index (χ0) is 29.0. The fraction of sp³-hybridized carbons (Fsp3) is 0.125. The number of rotatable bonds is 6. The number of ether oxygens (including phenoxy) is 2. The standard InChI is InChI=1S/C32H26N4O5/c1-32(2,39)15-13-21-17-26(31(38)36(20-21)22-7-5-4-6-8-22)30(37)35-29-12-10-24(19-34-29)41-28-14-16-33-27-11-9-23(40-3)18-25(27)28/h4-12,14,16-20,39H,1-3H3,(H,34,35,37). The van der Waals surface area contributed by atoms with Crippen LogP contribution in [-0.4, -0.2) is 38.3 Å². The van der Waals surface area contributed by atoms with Crippen LogP contribution in [0.25, 0.3) is 16.6 Å². The van der Waals surface area contributed by atoms with Crippen LogP contribution >= 0.6 is 0 Å². The highest BCUT2D eigenvalue weighted by molar-refractivity contribution is 6.03. The first-order valence-electron chi connectivity index (χ1n) is 12.7. The maximum Gasteiger partial charge on any atom is 0.268 e. The van der Waals surface area contributed by atoms with Crippen molar-refractivity contribution >= 4 is 22.6 Å². The molecule has 0 aliphatic heterocycles. The number of hydrogen-bond donors (Lipinski definition) is 2. The van der Waals surface area contributed by atoms with E-state index in [1.165, 1.54) is 23.0 Å². The average Bonchev–Trinajstić information content (AvgIpc) is 2.97. The predicted octanol–water partition coefficient (Wildman–Crippen LogP) is 4.96. The molecule has 3 aromatic heterocycles. The van der Waals surface area contributed by atoms with Gasteiger partial charge in [0.05, 0.1) is 18.8 Å². The van der Waals surface area contributed by atoms with E-state index >= 15 is 0 Å². The van der Waals surface area contributed by atoms with Crippen LogP contribution in [0.1, 0.15) is 29.8 Å². The van der Waals surface area contributed by atoms with Crippen LogP contribution < -0.4 is 20.3 Å². The molecule has 0 saturated heterocycles. The summed E-state index contributed by atoms with van der Waals surface area (Å²) in [6, 6.07) is 20.8. The Kier molecular flexibility index (Phi) is 7.50. The van der Waals surface area contributed by atoms with Gasteiger partial charge in [-0.2, -0.15) is 0 Å². The number of carbonyl (C=O) groups is 1. The number of fused-ring (bicyclic) bond motifs is 1. The highest BCUT2D eigenvalue weighted by Crippen LogP contribution is 2.31. The first kappa shape index (κ1) is 27.1. The minimum Gasteiger partial charge on any atom is -0.497 e. The van der Waals surface area contributed by atoms with E-state index in [4.69, 9.17) is 9.47 Å². The molecule has 0 atom stereocenters. The van der Waals surface area contributed by atoms with Crippen LogP contribution in [0.15, 0.2) is 96.2 Å². The number of para-hydroxylation sites is 1. The number of aliphatic hydroxyl groups is 1. The van der Waals surface area contributed by atoms with Crippen molar-refractivity contribution < 1.29 is 19.4 Å². The number of hydrogen-bond acceptors (Lipinski definition) is 7. The lowest BCUT2D eigenvalue weighted by Crippen LogP contribution is -2.28. The number of aromatic nitrogens is 3. The Morgan fingerprint density at radius 3 is 2.49 bits per heavy atom. The van der Waals surface area contributed by atoms with Crippen LogP contribution in [0.3, 0.4) is 0 Å².